The van der Waals surface area contributed by atoms with Gasteiger partial charge in [-0.2, -0.15) is 5.11 Å². The smallest absolute Gasteiger partial charge is 0.0927 e. The Bertz CT molecular complexity index is 2660. The van der Waals surface area contributed by atoms with Crippen LogP contribution in [-0.4, -0.2) is 4.98 Å². The summed E-state index contributed by atoms with van der Waals surface area (Å²) in [7, 11) is 0. The Morgan fingerprint density at radius 3 is 0.984 bits per heavy atom. The number of aromatic nitrogens is 1. The second-order valence-corrected chi connectivity index (χ2v) is 18.9. The van der Waals surface area contributed by atoms with Crippen LogP contribution in [0.4, 0.5) is 11.4 Å². The molecule has 8 rings (SSSR count). The molecule has 0 saturated heterocycles. The maximum atomic E-state index is 5.34. The summed E-state index contributed by atoms with van der Waals surface area (Å²) in [5, 5.41) is 10.3. The lowest BCUT2D eigenvalue weighted by molar-refractivity contribution is 0.588. The largest absolute Gasteiger partial charge is 0.265 e. The summed E-state index contributed by atoms with van der Waals surface area (Å²) >= 11 is 0. The van der Waals surface area contributed by atoms with Gasteiger partial charge >= 0.3 is 0 Å². The Morgan fingerprint density at radius 2 is 0.688 bits per heavy atom. The van der Waals surface area contributed by atoms with Gasteiger partial charge in [0.05, 0.1) is 11.4 Å². The normalized spacial score (nSPS) is 11.7. The first-order chi connectivity index (χ1) is 30.7. The molecule has 320 valence electrons. The van der Waals surface area contributed by atoms with Gasteiger partial charge in [0.25, 0.3) is 0 Å². The van der Waals surface area contributed by atoms with Crippen LogP contribution >= 0.6 is 0 Å². The molecule has 0 bridgehead atoms. The lowest BCUT2D eigenvalue weighted by atomic mass is 9.79. The number of hydrogen-bond acceptors (Lipinski definition) is 3. The first-order valence-electron chi connectivity index (χ1n) is 22.7. The standard InChI is InChI=1S/C61H61N3/c1-38-18-12-19-39(2)56(38)50-26-16-27-51(57-40(3)20-13-21-41(57)4)54(50)36-46-34-48(61(9,10)11)35-47(60(46)64-63-49-30-32-62-33-31-49)37-55-52(58-42(5)22-14-23-43(58)6)28-17-29-53(55)59-44(7)24-15-25-45(59)8/h12-35H,36-37H2,1-11H3. The molecule has 0 fully saturated rings. The molecule has 0 aliphatic heterocycles. The van der Waals surface area contributed by atoms with Crippen LogP contribution in [0.2, 0.25) is 0 Å². The summed E-state index contributed by atoms with van der Waals surface area (Å²) in [5.41, 5.74) is 28.0. The number of nitrogens with zero attached hydrogens (tertiary/aromatic N) is 3. The van der Waals surface area contributed by atoms with E-state index in [4.69, 9.17) is 10.2 Å². The van der Waals surface area contributed by atoms with E-state index in [1.54, 1.807) is 12.4 Å². The molecule has 0 atom stereocenters. The molecule has 7 aromatic carbocycles. The van der Waals surface area contributed by atoms with E-state index < -0.39 is 0 Å². The maximum absolute atomic E-state index is 5.34. The third kappa shape index (κ3) is 8.77. The van der Waals surface area contributed by atoms with Gasteiger partial charge in [-0.1, -0.05) is 142 Å². The Morgan fingerprint density at radius 1 is 0.391 bits per heavy atom. The zero-order valence-electron chi connectivity index (χ0n) is 39.6. The molecule has 0 radical (unpaired) electrons. The number of azo groups is 1. The van der Waals surface area contributed by atoms with Crippen LogP contribution in [-0.2, 0) is 18.3 Å². The Labute approximate surface area is 382 Å². The fraction of sp³-hybridized carbons (Fsp3) is 0.230. The van der Waals surface area contributed by atoms with Gasteiger partial charge in [0, 0.05) is 25.2 Å². The Balaban J connectivity index is 1.46. The summed E-state index contributed by atoms with van der Waals surface area (Å²) < 4.78 is 0. The molecule has 0 saturated carbocycles. The van der Waals surface area contributed by atoms with Gasteiger partial charge in [-0.15, -0.1) is 5.11 Å². The fourth-order valence-corrected chi connectivity index (χ4v) is 9.94. The Kier molecular flexibility index (Phi) is 12.5. The molecule has 64 heavy (non-hydrogen) atoms. The summed E-state index contributed by atoms with van der Waals surface area (Å²) in [4.78, 5) is 4.29. The molecule has 8 aromatic rings. The molecular formula is C61H61N3. The molecule has 1 heterocycles. The van der Waals surface area contributed by atoms with Gasteiger partial charge in [0.2, 0.25) is 0 Å². The van der Waals surface area contributed by atoms with E-state index in [2.05, 4.69) is 202 Å². The second-order valence-electron chi connectivity index (χ2n) is 18.9. The third-order valence-electron chi connectivity index (χ3n) is 13.2. The van der Waals surface area contributed by atoms with Gasteiger partial charge in [-0.05, 0) is 190 Å². The van der Waals surface area contributed by atoms with Crippen molar-refractivity contribution in [1.29, 1.82) is 0 Å². The predicted molar refractivity (Wildman–Crippen MR) is 272 cm³/mol. The van der Waals surface area contributed by atoms with Crippen molar-refractivity contribution >= 4 is 11.4 Å². The van der Waals surface area contributed by atoms with E-state index in [0.717, 1.165) is 22.5 Å². The van der Waals surface area contributed by atoms with E-state index in [9.17, 15) is 0 Å². The van der Waals surface area contributed by atoms with Crippen LogP contribution in [0.3, 0.4) is 0 Å². The van der Waals surface area contributed by atoms with Crippen molar-refractivity contribution in [3.05, 3.63) is 218 Å². The number of pyridine rings is 1. The molecule has 0 aliphatic carbocycles. The molecule has 0 aliphatic rings. The summed E-state index contributed by atoms with van der Waals surface area (Å²) in [6, 6.07) is 49.1. The molecule has 3 heteroatoms. The van der Waals surface area contributed by atoms with Gasteiger partial charge < -0.3 is 0 Å². The van der Waals surface area contributed by atoms with Crippen LogP contribution < -0.4 is 0 Å². The highest BCUT2D eigenvalue weighted by Crippen LogP contribution is 2.45. The van der Waals surface area contributed by atoms with Gasteiger partial charge in [0.1, 0.15) is 0 Å². The number of aryl methyl sites for hydroxylation is 8. The second kappa shape index (κ2) is 18.2. The minimum atomic E-state index is -0.145. The minimum Gasteiger partial charge on any atom is -0.265 e. The van der Waals surface area contributed by atoms with E-state index in [1.807, 2.05) is 12.1 Å². The predicted octanol–water partition coefficient (Wildman–Crippen LogP) is 17.1. The molecule has 3 nitrogen and oxygen atoms in total. The minimum absolute atomic E-state index is 0.145. The van der Waals surface area contributed by atoms with Crippen molar-refractivity contribution in [3.8, 4) is 44.5 Å². The van der Waals surface area contributed by atoms with E-state index in [-0.39, 0.29) is 5.41 Å². The summed E-state index contributed by atoms with van der Waals surface area (Å²) in [5.74, 6) is 0. The van der Waals surface area contributed by atoms with Gasteiger partial charge in [-0.3, -0.25) is 4.98 Å². The average Bonchev–Trinajstić information content (AvgIpc) is 3.24. The van der Waals surface area contributed by atoms with E-state index in [0.29, 0.717) is 12.8 Å². The lowest BCUT2D eigenvalue weighted by Crippen LogP contribution is -2.13. The van der Waals surface area contributed by atoms with Crippen LogP contribution in [0, 0.1) is 55.4 Å². The van der Waals surface area contributed by atoms with Crippen molar-refractivity contribution < 1.29 is 0 Å². The third-order valence-corrected chi connectivity index (χ3v) is 13.2. The fourth-order valence-electron chi connectivity index (χ4n) is 9.94. The zero-order chi connectivity index (χ0) is 45.3. The molecule has 1 aromatic heterocycles. The maximum Gasteiger partial charge on any atom is 0.0927 e. The molecule has 0 amide bonds. The van der Waals surface area contributed by atoms with E-state index in [1.165, 1.54) is 106 Å². The SMILES string of the molecule is Cc1cccc(C)c1-c1cccc(-c2c(C)cccc2C)c1Cc1cc(C(C)(C)C)cc(Cc2c(-c3c(C)cccc3C)cccc2-c2c(C)cccc2C)c1N=Nc1ccncc1. The van der Waals surface area contributed by atoms with Crippen molar-refractivity contribution in [1.82, 2.24) is 4.98 Å². The number of hydrogen-bond donors (Lipinski definition) is 0. The first kappa shape index (κ1) is 43.9. The molecular weight excluding hydrogens is 775 g/mol. The van der Waals surface area contributed by atoms with E-state index >= 15 is 0 Å². The monoisotopic (exact) mass is 835 g/mol. The molecule has 0 unspecified atom stereocenters. The van der Waals surface area contributed by atoms with Crippen molar-refractivity contribution in [3.63, 3.8) is 0 Å². The topological polar surface area (TPSA) is 37.6 Å². The van der Waals surface area contributed by atoms with Crippen LogP contribution in [0.5, 0.6) is 0 Å². The van der Waals surface area contributed by atoms with Crippen molar-refractivity contribution in [2.45, 2.75) is 94.4 Å². The van der Waals surface area contributed by atoms with Crippen LogP contribution in [0.25, 0.3) is 44.5 Å². The van der Waals surface area contributed by atoms with Crippen molar-refractivity contribution in [2.24, 2.45) is 10.2 Å². The highest BCUT2D eigenvalue weighted by molar-refractivity contribution is 5.86. The molecule has 0 spiro atoms. The Hall–Kier alpha value is -6.71. The molecule has 0 N–H and O–H groups in total. The highest BCUT2D eigenvalue weighted by Gasteiger charge is 2.26. The average molecular weight is 836 g/mol. The lowest BCUT2D eigenvalue weighted by Gasteiger charge is -2.26. The number of benzene rings is 7. The van der Waals surface area contributed by atoms with Gasteiger partial charge in [-0.25, -0.2) is 0 Å². The van der Waals surface area contributed by atoms with Crippen molar-refractivity contribution in [2.75, 3.05) is 0 Å². The zero-order valence-corrected chi connectivity index (χ0v) is 39.6. The number of rotatable bonds is 10. The van der Waals surface area contributed by atoms with Crippen LogP contribution in [0.1, 0.15) is 93.1 Å². The van der Waals surface area contributed by atoms with Crippen LogP contribution in [0.15, 0.2) is 156 Å². The summed E-state index contributed by atoms with van der Waals surface area (Å²) in [6.45, 7) is 24.9. The first-order valence-corrected chi connectivity index (χ1v) is 22.7. The quantitative estimate of drug-likeness (QED) is 0.126. The summed E-state index contributed by atoms with van der Waals surface area (Å²) in [6.07, 6.45) is 4.90. The van der Waals surface area contributed by atoms with Gasteiger partial charge in [0.15, 0.2) is 0 Å². The highest BCUT2D eigenvalue weighted by atomic mass is 15.1.